The lowest BCUT2D eigenvalue weighted by atomic mass is 9.90. The number of benzene rings is 1. The molecule has 0 aliphatic carbocycles. The van der Waals surface area contributed by atoms with Crippen LogP contribution < -0.4 is 10.4 Å². The molecule has 0 N–H and O–H groups in total. The van der Waals surface area contributed by atoms with Crippen LogP contribution in [0.3, 0.4) is 0 Å². The fourth-order valence-electron chi connectivity index (χ4n) is 3.90. The SMILES string of the molecule is CSc1nc(C(C)(C)C)c2c(=O)n3c(nc2n1)c1ccc(OOC(C)=O)cc1n3-c1ccccn1. The Hall–Kier alpha value is -3.99. The first-order valence-corrected chi connectivity index (χ1v) is 12.0. The number of aromatic nitrogens is 6. The largest absolute Gasteiger partial charge is 0.352 e. The van der Waals surface area contributed by atoms with E-state index in [0.717, 1.165) is 0 Å². The number of carbonyl (C=O) groups excluding carboxylic acids is 1. The molecule has 5 aromatic rings. The summed E-state index contributed by atoms with van der Waals surface area (Å²) in [5.41, 5.74) is 1.21. The van der Waals surface area contributed by atoms with Gasteiger partial charge in [0.2, 0.25) is 0 Å². The Morgan fingerprint density at radius 1 is 1.09 bits per heavy atom. The molecule has 4 aromatic heterocycles. The summed E-state index contributed by atoms with van der Waals surface area (Å²) in [6.07, 6.45) is 3.52. The maximum atomic E-state index is 14.1. The summed E-state index contributed by atoms with van der Waals surface area (Å²) in [6, 6.07) is 10.5. The van der Waals surface area contributed by atoms with E-state index >= 15 is 0 Å². The zero-order chi connectivity index (χ0) is 24.9. The molecule has 0 bridgehead atoms. The Labute approximate surface area is 203 Å². The summed E-state index contributed by atoms with van der Waals surface area (Å²) >= 11 is 1.40. The Balaban J connectivity index is 1.95. The fraction of sp³-hybridized carbons (Fsp3) is 0.250. The van der Waals surface area contributed by atoms with E-state index in [1.165, 1.54) is 23.2 Å². The number of thioether (sulfide) groups is 1. The summed E-state index contributed by atoms with van der Waals surface area (Å²) < 4.78 is 3.14. The van der Waals surface area contributed by atoms with Gasteiger partial charge in [-0.05, 0) is 30.5 Å². The summed E-state index contributed by atoms with van der Waals surface area (Å²) in [6.45, 7) is 7.25. The van der Waals surface area contributed by atoms with Gasteiger partial charge in [0.25, 0.3) is 5.56 Å². The van der Waals surface area contributed by atoms with E-state index in [4.69, 9.17) is 14.8 Å². The summed E-state index contributed by atoms with van der Waals surface area (Å²) in [5, 5.41) is 1.57. The van der Waals surface area contributed by atoms with Gasteiger partial charge in [0, 0.05) is 30.0 Å². The van der Waals surface area contributed by atoms with Crippen LogP contribution in [0.25, 0.3) is 33.4 Å². The third kappa shape index (κ3) is 3.87. The van der Waals surface area contributed by atoms with E-state index in [1.54, 1.807) is 41.2 Å². The minimum Gasteiger partial charge on any atom is -0.287 e. The van der Waals surface area contributed by atoms with Crippen molar-refractivity contribution in [1.29, 1.82) is 0 Å². The van der Waals surface area contributed by atoms with Gasteiger partial charge >= 0.3 is 5.97 Å². The van der Waals surface area contributed by atoms with Crippen molar-refractivity contribution in [3.63, 3.8) is 0 Å². The Morgan fingerprint density at radius 3 is 2.54 bits per heavy atom. The molecular formula is C24H22N6O4S. The third-order valence-electron chi connectivity index (χ3n) is 5.34. The molecule has 5 rings (SSSR count). The molecule has 4 heterocycles. The number of hydrogen-bond donors (Lipinski definition) is 0. The van der Waals surface area contributed by atoms with Crippen molar-refractivity contribution in [2.24, 2.45) is 0 Å². The van der Waals surface area contributed by atoms with Crippen LogP contribution in [0.5, 0.6) is 5.75 Å². The van der Waals surface area contributed by atoms with Gasteiger partial charge in [0.1, 0.15) is 5.39 Å². The second-order valence-electron chi connectivity index (χ2n) is 8.90. The van der Waals surface area contributed by atoms with Crippen LogP contribution in [0.15, 0.2) is 52.5 Å². The van der Waals surface area contributed by atoms with Crippen molar-refractivity contribution in [1.82, 2.24) is 29.1 Å². The highest BCUT2D eigenvalue weighted by Gasteiger charge is 2.27. The normalized spacial score (nSPS) is 11.9. The second kappa shape index (κ2) is 8.35. The minimum atomic E-state index is -0.586. The van der Waals surface area contributed by atoms with Gasteiger partial charge in [-0.15, -0.1) is 0 Å². The van der Waals surface area contributed by atoms with Gasteiger partial charge in [-0.2, -0.15) is 4.52 Å². The molecule has 1 aromatic carbocycles. The monoisotopic (exact) mass is 490 g/mol. The number of fused-ring (bicyclic) bond motifs is 4. The van der Waals surface area contributed by atoms with Gasteiger partial charge < -0.3 is 0 Å². The predicted octanol–water partition coefficient (Wildman–Crippen LogP) is 3.85. The Bertz CT molecular complexity index is 1670. The zero-order valence-electron chi connectivity index (χ0n) is 19.8. The van der Waals surface area contributed by atoms with Crippen LogP contribution in [0.4, 0.5) is 0 Å². The molecule has 0 saturated heterocycles. The summed E-state index contributed by atoms with van der Waals surface area (Å²) in [7, 11) is 0. The van der Waals surface area contributed by atoms with Gasteiger partial charge in [0.15, 0.2) is 28.0 Å². The quantitative estimate of drug-likeness (QED) is 0.160. The average molecular weight is 491 g/mol. The first kappa shape index (κ1) is 22.8. The second-order valence-corrected chi connectivity index (χ2v) is 9.67. The van der Waals surface area contributed by atoms with Crippen molar-refractivity contribution >= 4 is 45.3 Å². The highest BCUT2D eigenvalue weighted by molar-refractivity contribution is 7.98. The van der Waals surface area contributed by atoms with Crippen molar-refractivity contribution in [3.8, 4) is 11.6 Å². The van der Waals surface area contributed by atoms with E-state index in [9.17, 15) is 9.59 Å². The molecule has 0 spiro atoms. The van der Waals surface area contributed by atoms with Crippen molar-refractivity contribution in [2.75, 3.05) is 6.26 Å². The first-order chi connectivity index (χ1) is 16.7. The lowest BCUT2D eigenvalue weighted by Crippen LogP contribution is -2.26. The van der Waals surface area contributed by atoms with E-state index in [1.807, 2.05) is 33.1 Å². The molecule has 0 amide bonds. The van der Waals surface area contributed by atoms with E-state index in [2.05, 4.69) is 15.0 Å². The molecule has 0 radical (unpaired) electrons. The fourth-order valence-corrected chi connectivity index (χ4v) is 4.26. The van der Waals surface area contributed by atoms with Crippen molar-refractivity contribution in [2.45, 2.75) is 38.3 Å². The van der Waals surface area contributed by atoms with Gasteiger partial charge in [-0.25, -0.2) is 29.4 Å². The smallest absolute Gasteiger partial charge is 0.287 e. The van der Waals surface area contributed by atoms with Crippen molar-refractivity contribution < 1.29 is 14.6 Å². The van der Waals surface area contributed by atoms with Crippen LogP contribution in [-0.2, 0) is 15.1 Å². The number of carbonyl (C=O) groups is 1. The van der Waals surface area contributed by atoms with Gasteiger partial charge in [-0.1, -0.05) is 38.6 Å². The molecule has 0 unspecified atom stereocenters. The molecule has 10 nitrogen and oxygen atoms in total. The molecule has 0 atom stereocenters. The molecule has 11 heteroatoms. The topological polar surface area (TPSA) is 114 Å². The lowest BCUT2D eigenvalue weighted by Gasteiger charge is -2.19. The summed E-state index contributed by atoms with van der Waals surface area (Å²) in [5.74, 6) is 0.196. The minimum absolute atomic E-state index is 0.283. The first-order valence-electron chi connectivity index (χ1n) is 10.8. The van der Waals surface area contributed by atoms with Crippen LogP contribution >= 0.6 is 11.8 Å². The van der Waals surface area contributed by atoms with Gasteiger partial charge in [-0.3, -0.25) is 14.6 Å². The van der Waals surface area contributed by atoms with Crippen LogP contribution in [0.1, 0.15) is 33.4 Å². The Morgan fingerprint density at radius 2 is 1.89 bits per heavy atom. The Kier molecular flexibility index (Phi) is 5.43. The molecule has 0 aliphatic heterocycles. The number of pyridine rings is 1. The molecule has 0 fully saturated rings. The van der Waals surface area contributed by atoms with E-state index < -0.39 is 11.4 Å². The van der Waals surface area contributed by atoms with Gasteiger partial charge in [0.05, 0.1) is 11.2 Å². The number of hydrogen-bond acceptors (Lipinski definition) is 9. The third-order valence-corrected chi connectivity index (χ3v) is 5.89. The van der Waals surface area contributed by atoms with Crippen LogP contribution in [-0.4, -0.2) is 41.4 Å². The lowest BCUT2D eigenvalue weighted by molar-refractivity contribution is -0.210. The molecular weight excluding hydrogens is 468 g/mol. The molecule has 0 saturated carbocycles. The van der Waals surface area contributed by atoms with E-state index in [0.29, 0.717) is 44.3 Å². The molecule has 178 valence electrons. The highest BCUT2D eigenvalue weighted by atomic mass is 32.2. The molecule has 35 heavy (non-hydrogen) atoms. The molecule has 0 aliphatic rings. The predicted molar refractivity (Wildman–Crippen MR) is 132 cm³/mol. The number of rotatable bonds is 4. The maximum absolute atomic E-state index is 14.1. The zero-order valence-corrected chi connectivity index (χ0v) is 20.6. The average Bonchev–Trinajstić information content (AvgIpc) is 3.15. The van der Waals surface area contributed by atoms with Crippen molar-refractivity contribution in [3.05, 3.63) is 58.6 Å². The van der Waals surface area contributed by atoms with E-state index in [-0.39, 0.29) is 11.3 Å². The maximum Gasteiger partial charge on any atom is 0.352 e. The number of nitrogens with zero attached hydrogens (tertiary/aromatic N) is 6. The summed E-state index contributed by atoms with van der Waals surface area (Å²) in [4.78, 5) is 53.7. The van der Waals surface area contributed by atoms with Crippen LogP contribution in [0.2, 0.25) is 0 Å². The van der Waals surface area contributed by atoms with Crippen LogP contribution in [0, 0.1) is 0 Å². The standard InChI is InChI=1S/C24H22N6O4S/c1-13(31)33-34-14-9-10-15-16(12-14)29(17-8-6-7-11-25-17)30-21(15)27-20-18(22(30)32)19(24(2,3)4)26-23(28-20)35-5/h6-12H,1-5H3. The highest BCUT2D eigenvalue weighted by Crippen LogP contribution is 2.31.